The molecule has 5 heteroatoms. The predicted octanol–water partition coefficient (Wildman–Crippen LogP) is 2.94. The van der Waals surface area contributed by atoms with E-state index in [9.17, 15) is 9.18 Å². The minimum absolute atomic E-state index is 0.141. The van der Waals surface area contributed by atoms with E-state index >= 15 is 0 Å². The number of hydrogen-bond acceptors (Lipinski definition) is 3. The topological polar surface area (TPSA) is 64.3 Å². The van der Waals surface area contributed by atoms with Crippen molar-refractivity contribution in [2.75, 3.05) is 24.3 Å². The lowest BCUT2D eigenvalue weighted by molar-refractivity contribution is -0.116. The van der Waals surface area contributed by atoms with Crippen LogP contribution in [-0.2, 0) is 9.53 Å². The van der Waals surface area contributed by atoms with Gasteiger partial charge in [-0.1, -0.05) is 13.3 Å². The summed E-state index contributed by atoms with van der Waals surface area (Å²) in [6.07, 6.45) is 3.17. The molecule has 0 heterocycles. The molecule has 0 aliphatic rings. The Labute approximate surface area is 113 Å². The number of nitrogens with one attached hydrogen (secondary N) is 1. The minimum atomic E-state index is -0.417. The zero-order valence-electron chi connectivity index (χ0n) is 11.2. The normalized spacial score (nSPS) is 10.4. The second-order valence-electron chi connectivity index (χ2n) is 4.35. The molecule has 0 atom stereocenters. The molecular formula is C14H21FN2O2. The first-order valence-corrected chi connectivity index (χ1v) is 6.56. The SMILES string of the molecule is CCCCOCCCC(=O)Nc1ccc(F)cc1N. The highest BCUT2D eigenvalue weighted by molar-refractivity contribution is 5.93. The van der Waals surface area contributed by atoms with Crippen LogP contribution in [0.5, 0.6) is 0 Å². The Kier molecular flexibility index (Phi) is 6.89. The van der Waals surface area contributed by atoms with Crippen molar-refractivity contribution in [1.29, 1.82) is 0 Å². The van der Waals surface area contributed by atoms with E-state index in [1.165, 1.54) is 18.2 Å². The third-order valence-electron chi connectivity index (χ3n) is 2.62. The predicted molar refractivity (Wildman–Crippen MR) is 74.4 cm³/mol. The summed E-state index contributed by atoms with van der Waals surface area (Å²) in [5, 5.41) is 2.65. The van der Waals surface area contributed by atoms with E-state index in [-0.39, 0.29) is 11.6 Å². The van der Waals surface area contributed by atoms with E-state index in [0.29, 0.717) is 25.1 Å². The summed E-state index contributed by atoms with van der Waals surface area (Å²) in [4.78, 5) is 11.6. The molecule has 0 saturated carbocycles. The first-order chi connectivity index (χ1) is 9.13. The third-order valence-corrected chi connectivity index (χ3v) is 2.62. The molecule has 0 bridgehead atoms. The summed E-state index contributed by atoms with van der Waals surface area (Å²) in [5.74, 6) is -0.558. The Morgan fingerprint density at radius 2 is 2.11 bits per heavy atom. The van der Waals surface area contributed by atoms with Gasteiger partial charge in [-0.05, 0) is 31.0 Å². The average Bonchev–Trinajstić information content (AvgIpc) is 2.37. The summed E-state index contributed by atoms with van der Waals surface area (Å²) >= 11 is 0. The second-order valence-corrected chi connectivity index (χ2v) is 4.35. The van der Waals surface area contributed by atoms with Crippen LogP contribution in [0.3, 0.4) is 0 Å². The van der Waals surface area contributed by atoms with Crippen molar-refractivity contribution < 1.29 is 13.9 Å². The maximum Gasteiger partial charge on any atom is 0.224 e. The first kappa shape index (κ1) is 15.4. The molecule has 1 amide bonds. The number of anilines is 2. The van der Waals surface area contributed by atoms with Gasteiger partial charge in [0.1, 0.15) is 5.82 Å². The lowest BCUT2D eigenvalue weighted by Crippen LogP contribution is -2.13. The van der Waals surface area contributed by atoms with Crippen LogP contribution in [0.1, 0.15) is 32.6 Å². The largest absolute Gasteiger partial charge is 0.397 e. The summed E-state index contributed by atoms with van der Waals surface area (Å²) in [6, 6.07) is 3.91. The molecule has 0 fully saturated rings. The number of hydrogen-bond donors (Lipinski definition) is 2. The van der Waals surface area contributed by atoms with Gasteiger partial charge in [-0.2, -0.15) is 0 Å². The number of halogens is 1. The Hall–Kier alpha value is -1.62. The summed E-state index contributed by atoms with van der Waals surface area (Å²) in [6.45, 7) is 3.42. The maximum atomic E-state index is 12.8. The highest BCUT2D eigenvalue weighted by Crippen LogP contribution is 2.19. The first-order valence-electron chi connectivity index (χ1n) is 6.56. The zero-order chi connectivity index (χ0) is 14.1. The van der Waals surface area contributed by atoms with E-state index in [1.54, 1.807) is 0 Å². The van der Waals surface area contributed by atoms with E-state index in [4.69, 9.17) is 10.5 Å². The van der Waals surface area contributed by atoms with E-state index in [0.717, 1.165) is 19.4 Å². The number of rotatable bonds is 8. The highest BCUT2D eigenvalue weighted by atomic mass is 19.1. The monoisotopic (exact) mass is 268 g/mol. The molecule has 3 N–H and O–H groups in total. The Bertz CT molecular complexity index is 410. The Morgan fingerprint density at radius 3 is 2.79 bits per heavy atom. The van der Waals surface area contributed by atoms with Crippen molar-refractivity contribution in [2.24, 2.45) is 0 Å². The van der Waals surface area contributed by atoms with Crippen molar-refractivity contribution in [3.63, 3.8) is 0 Å². The third kappa shape index (κ3) is 6.20. The molecule has 1 rings (SSSR count). The van der Waals surface area contributed by atoms with Crippen molar-refractivity contribution in [1.82, 2.24) is 0 Å². The molecule has 0 radical (unpaired) electrons. The molecular weight excluding hydrogens is 247 g/mol. The van der Waals surface area contributed by atoms with Gasteiger partial charge in [0.05, 0.1) is 11.4 Å². The molecule has 1 aromatic carbocycles. The lowest BCUT2D eigenvalue weighted by atomic mass is 10.2. The van der Waals surface area contributed by atoms with E-state index in [1.807, 2.05) is 0 Å². The van der Waals surface area contributed by atoms with Crippen LogP contribution in [0, 0.1) is 5.82 Å². The quantitative estimate of drug-likeness (QED) is 0.563. The van der Waals surface area contributed by atoms with Gasteiger partial charge in [0.2, 0.25) is 5.91 Å². The molecule has 1 aromatic rings. The van der Waals surface area contributed by atoms with Gasteiger partial charge in [-0.15, -0.1) is 0 Å². The Morgan fingerprint density at radius 1 is 1.37 bits per heavy atom. The van der Waals surface area contributed by atoms with Crippen molar-refractivity contribution in [2.45, 2.75) is 32.6 Å². The molecule has 19 heavy (non-hydrogen) atoms. The molecule has 106 valence electrons. The minimum Gasteiger partial charge on any atom is -0.397 e. The van der Waals surface area contributed by atoms with Crippen LogP contribution in [-0.4, -0.2) is 19.1 Å². The fourth-order valence-electron chi connectivity index (χ4n) is 1.54. The van der Waals surface area contributed by atoms with Crippen LogP contribution in [0.4, 0.5) is 15.8 Å². The Balaban J connectivity index is 2.23. The van der Waals surface area contributed by atoms with Gasteiger partial charge < -0.3 is 15.8 Å². The second kappa shape index (κ2) is 8.48. The number of carbonyl (C=O) groups is 1. The van der Waals surface area contributed by atoms with E-state index < -0.39 is 5.82 Å². The van der Waals surface area contributed by atoms with Gasteiger partial charge >= 0.3 is 0 Å². The van der Waals surface area contributed by atoms with Gasteiger partial charge in [0.15, 0.2) is 0 Å². The molecule has 0 aliphatic carbocycles. The number of benzene rings is 1. The zero-order valence-corrected chi connectivity index (χ0v) is 11.2. The molecule has 0 saturated heterocycles. The van der Waals surface area contributed by atoms with Gasteiger partial charge in [0, 0.05) is 19.6 Å². The van der Waals surface area contributed by atoms with Crippen molar-refractivity contribution >= 4 is 17.3 Å². The van der Waals surface area contributed by atoms with Gasteiger partial charge in [0.25, 0.3) is 0 Å². The fourth-order valence-corrected chi connectivity index (χ4v) is 1.54. The molecule has 0 unspecified atom stereocenters. The van der Waals surface area contributed by atoms with Gasteiger partial charge in [-0.25, -0.2) is 4.39 Å². The number of amides is 1. The fraction of sp³-hybridized carbons (Fsp3) is 0.500. The summed E-state index contributed by atoms with van der Waals surface area (Å²) in [5.41, 5.74) is 6.27. The number of nitrogen functional groups attached to an aromatic ring is 1. The van der Waals surface area contributed by atoms with Crippen molar-refractivity contribution in [3.05, 3.63) is 24.0 Å². The number of unbranched alkanes of at least 4 members (excludes halogenated alkanes) is 1. The maximum absolute atomic E-state index is 12.8. The number of nitrogens with two attached hydrogens (primary N) is 1. The smallest absolute Gasteiger partial charge is 0.224 e. The lowest BCUT2D eigenvalue weighted by Gasteiger charge is -2.08. The van der Waals surface area contributed by atoms with Crippen LogP contribution in [0.25, 0.3) is 0 Å². The number of carbonyl (C=O) groups excluding carboxylic acids is 1. The van der Waals surface area contributed by atoms with Gasteiger partial charge in [-0.3, -0.25) is 4.79 Å². The molecule has 4 nitrogen and oxygen atoms in total. The van der Waals surface area contributed by atoms with Crippen LogP contribution >= 0.6 is 0 Å². The summed E-state index contributed by atoms with van der Waals surface area (Å²) in [7, 11) is 0. The van der Waals surface area contributed by atoms with E-state index in [2.05, 4.69) is 12.2 Å². The summed E-state index contributed by atoms with van der Waals surface area (Å²) < 4.78 is 18.2. The van der Waals surface area contributed by atoms with Crippen LogP contribution in [0.15, 0.2) is 18.2 Å². The molecule has 0 spiro atoms. The van der Waals surface area contributed by atoms with Crippen LogP contribution < -0.4 is 11.1 Å². The average molecular weight is 268 g/mol. The van der Waals surface area contributed by atoms with Crippen molar-refractivity contribution in [3.8, 4) is 0 Å². The number of ether oxygens (including phenoxy) is 1. The molecule has 0 aliphatic heterocycles. The standard InChI is InChI=1S/C14H21FN2O2/c1-2-3-8-19-9-4-5-14(18)17-13-7-6-11(15)10-12(13)16/h6-7,10H,2-5,8-9,16H2,1H3,(H,17,18). The highest BCUT2D eigenvalue weighted by Gasteiger charge is 2.05. The van der Waals surface area contributed by atoms with Crippen LogP contribution in [0.2, 0.25) is 0 Å². The molecule has 0 aromatic heterocycles.